The van der Waals surface area contributed by atoms with E-state index in [4.69, 9.17) is 38.5 Å². The maximum absolute atomic E-state index is 12.3. The lowest BCUT2D eigenvalue weighted by molar-refractivity contribution is -0.122. The number of carbonyl (C=O) groups excluding carboxylic acids is 2. The molecule has 0 fully saturated rings. The molecule has 1 aromatic rings. The predicted molar refractivity (Wildman–Crippen MR) is 125 cm³/mol. The standard InChI is InChI=1S/C22H28Cl2N4O4/c1-13-7-5-6-8-14(11-13)18(19(25)29)27-28-32-20(26-21(30)31-22(2,3)4)15-9-10-16(23)17(24)12-15/h5-6,8-12,18,20,27-28H,7H2,1-4H3,(H2,25,29)(H,26,30). The number of allylic oxidation sites excluding steroid dienone is 4. The highest BCUT2D eigenvalue weighted by molar-refractivity contribution is 6.42. The Bertz CT molecular complexity index is 938. The van der Waals surface area contributed by atoms with E-state index in [9.17, 15) is 9.59 Å². The maximum Gasteiger partial charge on any atom is 0.410 e. The SMILES string of the molecule is CC1=CC(C(NNOC(NC(=O)OC(C)(C)C)c2ccc(Cl)c(Cl)c2)C(N)=O)=CC=CC1. The highest BCUT2D eigenvalue weighted by Crippen LogP contribution is 2.26. The topological polar surface area (TPSA) is 115 Å². The van der Waals surface area contributed by atoms with Crippen LogP contribution >= 0.6 is 23.2 Å². The van der Waals surface area contributed by atoms with Crippen molar-refractivity contribution in [1.29, 1.82) is 0 Å². The molecule has 0 heterocycles. The first-order chi connectivity index (χ1) is 15.0. The van der Waals surface area contributed by atoms with Crippen LogP contribution in [0.25, 0.3) is 0 Å². The summed E-state index contributed by atoms with van der Waals surface area (Å²) in [6.07, 6.45) is 6.53. The van der Waals surface area contributed by atoms with E-state index in [1.54, 1.807) is 45.0 Å². The summed E-state index contributed by atoms with van der Waals surface area (Å²) in [6.45, 7) is 7.17. The quantitative estimate of drug-likeness (QED) is 0.325. The van der Waals surface area contributed by atoms with E-state index >= 15 is 0 Å². The van der Waals surface area contributed by atoms with Gasteiger partial charge in [-0.25, -0.2) is 10.2 Å². The molecule has 8 nitrogen and oxygen atoms in total. The molecule has 0 aromatic heterocycles. The second-order valence-electron chi connectivity index (χ2n) is 8.19. The van der Waals surface area contributed by atoms with Crippen LogP contribution in [0, 0.1) is 0 Å². The molecule has 0 aliphatic heterocycles. The number of hydrogen-bond donors (Lipinski definition) is 4. The third kappa shape index (κ3) is 8.29. The van der Waals surface area contributed by atoms with Gasteiger partial charge in [-0.1, -0.05) is 59.1 Å². The first kappa shape index (κ1) is 25.9. The molecule has 0 saturated heterocycles. The fourth-order valence-corrected chi connectivity index (χ4v) is 3.05. The number of benzene rings is 1. The summed E-state index contributed by atoms with van der Waals surface area (Å²) in [5.41, 5.74) is 12.3. The smallest absolute Gasteiger partial charge is 0.410 e. The van der Waals surface area contributed by atoms with Crippen LogP contribution in [0.4, 0.5) is 4.79 Å². The third-order valence-corrected chi connectivity index (χ3v) is 4.91. The van der Waals surface area contributed by atoms with Crippen LogP contribution in [-0.4, -0.2) is 23.6 Å². The number of halogens is 2. The van der Waals surface area contributed by atoms with Crippen LogP contribution in [0.5, 0.6) is 0 Å². The van der Waals surface area contributed by atoms with Gasteiger partial charge in [0.2, 0.25) is 5.91 Å². The summed E-state index contributed by atoms with van der Waals surface area (Å²) in [6, 6.07) is 3.86. The van der Waals surface area contributed by atoms with Crippen molar-refractivity contribution in [2.75, 3.05) is 0 Å². The Kier molecular flexibility index (Phi) is 9.30. The lowest BCUT2D eigenvalue weighted by atomic mass is 10.0. The molecular formula is C22H28Cl2N4O4. The minimum Gasteiger partial charge on any atom is -0.444 e. The van der Waals surface area contributed by atoms with E-state index in [1.165, 1.54) is 0 Å². The number of carbonyl (C=O) groups is 2. The van der Waals surface area contributed by atoms with Gasteiger partial charge in [-0.3, -0.25) is 14.9 Å². The Labute approximate surface area is 197 Å². The van der Waals surface area contributed by atoms with Gasteiger partial charge in [-0.2, -0.15) is 0 Å². The fourth-order valence-electron chi connectivity index (χ4n) is 2.75. The molecule has 2 rings (SSSR count). The van der Waals surface area contributed by atoms with Gasteiger partial charge in [0.15, 0.2) is 6.23 Å². The number of amides is 2. The molecule has 0 spiro atoms. The molecule has 174 valence electrons. The third-order valence-electron chi connectivity index (χ3n) is 4.17. The molecule has 32 heavy (non-hydrogen) atoms. The Balaban J connectivity index is 2.15. The highest BCUT2D eigenvalue weighted by atomic mass is 35.5. The fraction of sp³-hybridized carbons (Fsp3) is 0.364. The molecule has 5 N–H and O–H groups in total. The number of rotatable bonds is 8. The van der Waals surface area contributed by atoms with Crippen molar-refractivity contribution in [3.8, 4) is 0 Å². The normalized spacial score (nSPS) is 15.8. The van der Waals surface area contributed by atoms with Crippen molar-refractivity contribution in [2.45, 2.75) is 52.0 Å². The molecule has 2 amide bonds. The first-order valence-electron chi connectivity index (χ1n) is 9.90. The average Bonchev–Trinajstić information content (AvgIpc) is 2.89. The van der Waals surface area contributed by atoms with Crippen molar-refractivity contribution >= 4 is 35.2 Å². The Morgan fingerprint density at radius 2 is 1.91 bits per heavy atom. The van der Waals surface area contributed by atoms with Gasteiger partial charge in [0, 0.05) is 5.56 Å². The zero-order valence-corrected chi connectivity index (χ0v) is 19.9. The lowest BCUT2D eigenvalue weighted by Gasteiger charge is -2.25. The molecule has 0 bridgehead atoms. The van der Waals surface area contributed by atoms with Crippen LogP contribution < -0.4 is 22.1 Å². The lowest BCUT2D eigenvalue weighted by Crippen LogP contribution is -2.50. The Hall–Kier alpha value is -2.36. The molecular weight excluding hydrogens is 455 g/mol. The Morgan fingerprint density at radius 3 is 2.53 bits per heavy atom. The van der Waals surface area contributed by atoms with Gasteiger partial charge in [-0.05, 0) is 51.8 Å². The summed E-state index contributed by atoms with van der Waals surface area (Å²) in [4.78, 5) is 29.9. The number of nitrogens with two attached hydrogens (primary N) is 1. The minimum absolute atomic E-state index is 0.280. The monoisotopic (exact) mass is 482 g/mol. The van der Waals surface area contributed by atoms with Gasteiger partial charge in [0.05, 0.1) is 10.0 Å². The van der Waals surface area contributed by atoms with E-state index in [0.29, 0.717) is 16.2 Å². The zero-order valence-electron chi connectivity index (χ0n) is 18.4. The number of hydrogen-bond acceptors (Lipinski definition) is 6. The highest BCUT2D eigenvalue weighted by Gasteiger charge is 2.24. The molecule has 0 radical (unpaired) electrons. The molecule has 1 aliphatic carbocycles. The van der Waals surface area contributed by atoms with Crippen LogP contribution in [0.3, 0.4) is 0 Å². The Morgan fingerprint density at radius 1 is 1.19 bits per heavy atom. The van der Waals surface area contributed by atoms with Crippen molar-refractivity contribution in [3.05, 3.63) is 69.3 Å². The molecule has 1 aromatic carbocycles. The predicted octanol–water partition coefficient (Wildman–Crippen LogP) is 4.23. The molecule has 0 saturated carbocycles. The second kappa shape index (κ2) is 11.5. The first-order valence-corrected chi connectivity index (χ1v) is 10.7. The number of primary amides is 1. The van der Waals surface area contributed by atoms with Crippen LogP contribution in [-0.2, 0) is 14.4 Å². The van der Waals surface area contributed by atoms with Gasteiger partial charge in [0.25, 0.3) is 0 Å². The molecule has 10 heteroatoms. The van der Waals surface area contributed by atoms with Crippen LogP contribution in [0.15, 0.2) is 53.6 Å². The number of alkyl carbamates (subject to hydrolysis) is 1. The summed E-state index contributed by atoms with van der Waals surface area (Å²) < 4.78 is 5.29. The van der Waals surface area contributed by atoms with Gasteiger partial charge in [0.1, 0.15) is 11.6 Å². The van der Waals surface area contributed by atoms with Gasteiger partial charge < -0.3 is 10.5 Å². The van der Waals surface area contributed by atoms with Gasteiger partial charge >= 0.3 is 6.09 Å². The maximum atomic E-state index is 12.3. The van der Waals surface area contributed by atoms with E-state index in [-0.39, 0.29) is 5.02 Å². The van der Waals surface area contributed by atoms with Crippen molar-refractivity contribution in [2.24, 2.45) is 5.73 Å². The van der Waals surface area contributed by atoms with Crippen LogP contribution in [0.1, 0.15) is 45.9 Å². The summed E-state index contributed by atoms with van der Waals surface area (Å²) in [5.74, 6) is -0.613. The minimum atomic E-state index is -1.03. The average molecular weight is 483 g/mol. The zero-order chi connectivity index (χ0) is 23.9. The van der Waals surface area contributed by atoms with Crippen molar-refractivity contribution in [3.63, 3.8) is 0 Å². The second-order valence-corrected chi connectivity index (χ2v) is 9.00. The largest absolute Gasteiger partial charge is 0.444 e. The number of ether oxygens (including phenoxy) is 1. The molecule has 1 aliphatic rings. The molecule has 2 atom stereocenters. The van der Waals surface area contributed by atoms with E-state index in [2.05, 4.69) is 16.3 Å². The van der Waals surface area contributed by atoms with E-state index in [0.717, 1.165) is 12.0 Å². The van der Waals surface area contributed by atoms with E-state index in [1.807, 2.05) is 25.2 Å². The van der Waals surface area contributed by atoms with Crippen molar-refractivity contribution < 1.29 is 19.2 Å². The number of hydrazine groups is 1. The van der Waals surface area contributed by atoms with Crippen molar-refractivity contribution in [1.82, 2.24) is 16.3 Å². The summed E-state index contributed by atoms with van der Waals surface area (Å²) in [5, 5.41) is 3.22. The summed E-state index contributed by atoms with van der Waals surface area (Å²) >= 11 is 12.1. The van der Waals surface area contributed by atoms with E-state index < -0.39 is 29.9 Å². The summed E-state index contributed by atoms with van der Waals surface area (Å²) in [7, 11) is 0. The molecule has 2 unspecified atom stereocenters. The van der Waals surface area contributed by atoms with Crippen LogP contribution in [0.2, 0.25) is 10.0 Å². The number of nitrogens with one attached hydrogen (secondary N) is 3. The van der Waals surface area contributed by atoms with Gasteiger partial charge in [-0.15, -0.1) is 5.59 Å².